The van der Waals surface area contributed by atoms with Crippen molar-refractivity contribution in [2.24, 2.45) is 0 Å². The fraction of sp³-hybridized carbons (Fsp3) is 0.263. The van der Waals surface area contributed by atoms with Crippen LogP contribution in [0.15, 0.2) is 46.0 Å². The monoisotopic (exact) mass is 419 g/mol. The van der Waals surface area contributed by atoms with E-state index in [1.54, 1.807) is 26.0 Å². The Morgan fingerprint density at radius 2 is 2.10 bits per heavy atom. The van der Waals surface area contributed by atoms with Crippen molar-refractivity contribution in [1.29, 1.82) is 0 Å². The van der Waals surface area contributed by atoms with Crippen LogP contribution < -0.4 is 5.32 Å². The quantitative estimate of drug-likeness (QED) is 0.444. The Balaban J connectivity index is 2.05. The number of carbonyl (C=O) groups excluding carboxylic acids is 2. The summed E-state index contributed by atoms with van der Waals surface area (Å²) >= 11 is 6.17. The van der Waals surface area contributed by atoms with E-state index in [0.717, 1.165) is 0 Å². The van der Waals surface area contributed by atoms with Crippen molar-refractivity contribution in [3.8, 4) is 11.3 Å². The lowest BCUT2D eigenvalue weighted by molar-refractivity contribution is -0.384. The first-order valence-electron chi connectivity index (χ1n) is 8.70. The molecule has 2 aromatic rings. The van der Waals surface area contributed by atoms with E-state index in [4.69, 9.17) is 20.8 Å². The molecule has 10 heteroatoms. The van der Waals surface area contributed by atoms with Crippen LogP contribution in [0, 0.1) is 10.1 Å². The lowest BCUT2D eigenvalue weighted by Gasteiger charge is -2.31. The standard InChI is InChI=1S/C19H18ClN3O6/c1-4-28-18(24)16-10(2)22(3)19(25)21-17(16)15-8-7-14(29-15)12-9-11(23(26)27)5-6-13(12)20/h5-9,17H,4H2,1-3H3,(H,21,25)/t17-/m0/s1. The highest BCUT2D eigenvalue weighted by Gasteiger charge is 2.36. The molecule has 0 spiro atoms. The van der Waals surface area contributed by atoms with Gasteiger partial charge in [0.1, 0.15) is 17.6 Å². The lowest BCUT2D eigenvalue weighted by Crippen LogP contribution is -2.46. The Morgan fingerprint density at radius 1 is 1.38 bits per heavy atom. The van der Waals surface area contributed by atoms with E-state index < -0.39 is 23.0 Å². The number of amides is 2. The van der Waals surface area contributed by atoms with Crippen LogP contribution in [0.2, 0.25) is 5.02 Å². The Bertz CT molecular complexity index is 1030. The van der Waals surface area contributed by atoms with Crippen LogP contribution in [-0.2, 0) is 9.53 Å². The highest BCUT2D eigenvalue weighted by atomic mass is 35.5. The number of allylic oxidation sites excluding steroid dienone is 1. The molecule has 0 unspecified atom stereocenters. The highest BCUT2D eigenvalue weighted by molar-refractivity contribution is 6.33. The summed E-state index contributed by atoms with van der Waals surface area (Å²) in [5, 5.41) is 14.0. The van der Waals surface area contributed by atoms with Crippen molar-refractivity contribution in [3.05, 3.63) is 62.5 Å². The maximum Gasteiger partial charge on any atom is 0.338 e. The first-order chi connectivity index (χ1) is 13.7. The van der Waals surface area contributed by atoms with Crippen LogP contribution in [0.3, 0.4) is 0 Å². The molecule has 1 aliphatic heterocycles. The summed E-state index contributed by atoms with van der Waals surface area (Å²) in [6.07, 6.45) is 0. The second-order valence-electron chi connectivity index (χ2n) is 6.28. The van der Waals surface area contributed by atoms with Gasteiger partial charge in [-0.25, -0.2) is 9.59 Å². The number of hydrogen-bond acceptors (Lipinski definition) is 6. The van der Waals surface area contributed by atoms with Crippen molar-refractivity contribution in [1.82, 2.24) is 10.2 Å². The predicted molar refractivity (Wildman–Crippen MR) is 104 cm³/mol. The van der Waals surface area contributed by atoms with E-state index in [1.807, 2.05) is 0 Å². The van der Waals surface area contributed by atoms with Gasteiger partial charge in [0.2, 0.25) is 0 Å². The van der Waals surface area contributed by atoms with Gasteiger partial charge in [-0.1, -0.05) is 11.6 Å². The number of benzene rings is 1. The fourth-order valence-corrected chi connectivity index (χ4v) is 3.20. The molecule has 2 amide bonds. The summed E-state index contributed by atoms with van der Waals surface area (Å²) in [5.74, 6) is -0.0395. The molecule has 1 aromatic carbocycles. The maximum atomic E-state index is 12.5. The van der Waals surface area contributed by atoms with E-state index in [9.17, 15) is 19.7 Å². The molecule has 0 aliphatic carbocycles. The number of rotatable bonds is 5. The number of esters is 1. The Morgan fingerprint density at radius 3 is 2.76 bits per heavy atom. The first kappa shape index (κ1) is 20.4. The van der Waals surface area contributed by atoms with E-state index in [1.165, 1.54) is 30.1 Å². The van der Waals surface area contributed by atoms with Crippen molar-refractivity contribution in [2.75, 3.05) is 13.7 Å². The van der Waals surface area contributed by atoms with Crippen molar-refractivity contribution >= 4 is 29.3 Å². The van der Waals surface area contributed by atoms with Crippen LogP contribution in [0.1, 0.15) is 25.6 Å². The molecule has 0 bridgehead atoms. The molecular formula is C19H18ClN3O6. The summed E-state index contributed by atoms with van der Waals surface area (Å²) in [4.78, 5) is 36.6. The zero-order chi connectivity index (χ0) is 21.3. The summed E-state index contributed by atoms with van der Waals surface area (Å²) < 4.78 is 11.0. The fourth-order valence-electron chi connectivity index (χ4n) is 2.99. The molecule has 29 heavy (non-hydrogen) atoms. The average Bonchev–Trinajstić information content (AvgIpc) is 3.15. The molecule has 9 nitrogen and oxygen atoms in total. The smallest absolute Gasteiger partial charge is 0.338 e. The third-order valence-corrected chi connectivity index (χ3v) is 4.92. The minimum atomic E-state index is -0.871. The number of nitrogens with zero attached hydrogens (tertiary/aromatic N) is 2. The van der Waals surface area contributed by atoms with Crippen LogP contribution in [0.5, 0.6) is 0 Å². The van der Waals surface area contributed by atoms with Gasteiger partial charge >= 0.3 is 12.0 Å². The number of furan rings is 1. The maximum absolute atomic E-state index is 12.5. The van der Waals surface area contributed by atoms with Gasteiger partial charge in [0, 0.05) is 30.4 Å². The third-order valence-electron chi connectivity index (χ3n) is 4.59. The molecule has 152 valence electrons. The topological polar surface area (TPSA) is 115 Å². The van der Waals surface area contributed by atoms with Crippen LogP contribution in [-0.4, -0.2) is 35.5 Å². The Kier molecular flexibility index (Phi) is 5.60. The van der Waals surface area contributed by atoms with E-state index in [0.29, 0.717) is 11.3 Å². The lowest BCUT2D eigenvalue weighted by atomic mass is 10.00. The summed E-state index contributed by atoms with van der Waals surface area (Å²) in [5.41, 5.74) is 0.853. The zero-order valence-corrected chi connectivity index (χ0v) is 16.6. The molecule has 0 fully saturated rings. The van der Waals surface area contributed by atoms with Gasteiger partial charge in [-0.05, 0) is 32.0 Å². The van der Waals surface area contributed by atoms with Crippen LogP contribution >= 0.6 is 11.6 Å². The van der Waals surface area contributed by atoms with Gasteiger partial charge in [0.05, 0.1) is 22.1 Å². The van der Waals surface area contributed by atoms with Gasteiger partial charge in [-0.15, -0.1) is 0 Å². The predicted octanol–water partition coefficient (Wildman–Crippen LogP) is 4.04. The molecule has 2 heterocycles. The van der Waals surface area contributed by atoms with Crippen molar-refractivity contribution < 1.29 is 23.7 Å². The largest absolute Gasteiger partial charge is 0.463 e. The van der Waals surface area contributed by atoms with Crippen molar-refractivity contribution in [2.45, 2.75) is 19.9 Å². The number of urea groups is 1. The second kappa shape index (κ2) is 7.96. The van der Waals surface area contributed by atoms with E-state index >= 15 is 0 Å². The second-order valence-corrected chi connectivity index (χ2v) is 6.69. The van der Waals surface area contributed by atoms with E-state index in [-0.39, 0.29) is 34.4 Å². The third kappa shape index (κ3) is 3.81. The molecular weight excluding hydrogens is 402 g/mol. The van der Waals surface area contributed by atoms with Crippen molar-refractivity contribution in [3.63, 3.8) is 0 Å². The highest BCUT2D eigenvalue weighted by Crippen LogP contribution is 2.37. The number of nitro groups is 1. The molecule has 1 aliphatic rings. The Labute approximate surface area is 171 Å². The minimum absolute atomic E-state index is 0.141. The average molecular weight is 420 g/mol. The summed E-state index contributed by atoms with van der Waals surface area (Å²) in [6.45, 7) is 3.50. The molecule has 3 rings (SSSR count). The number of nitrogens with one attached hydrogen (secondary N) is 1. The van der Waals surface area contributed by atoms with Gasteiger partial charge in [0.15, 0.2) is 0 Å². The van der Waals surface area contributed by atoms with Gasteiger partial charge in [-0.3, -0.25) is 10.1 Å². The van der Waals surface area contributed by atoms with E-state index in [2.05, 4.69) is 5.32 Å². The number of non-ortho nitro benzene ring substituents is 1. The first-order valence-corrected chi connectivity index (χ1v) is 9.08. The normalized spacial score (nSPS) is 16.6. The summed E-state index contributed by atoms with van der Waals surface area (Å²) in [6, 6.07) is 5.86. The molecule has 1 N–H and O–H groups in total. The number of nitro benzene ring substituents is 1. The number of hydrogen-bond donors (Lipinski definition) is 1. The molecule has 1 aromatic heterocycles. The van der Waals surface area contributed by atoms with Gasteiger partial charge < -0.3 is 19.4 Å². The number of ether oxygens (including phenoxy) is 1. The Hall–Kier alpha value is -3.33. The zero-order valence-electron chi connectivity index (χ0n) is 15.9. The summed E-state index contributed by atoms with van der Waals surface area (Å²) in [7, 11) is 1.54. The van der Waals surface area contributed by atoms with Gasteiger partial charge in [-0.2, -0.15) is 0 Å². The minimum Gasteiger partial charge on any atom is -0.463 e. The SMILES string of the molecule is CCOC(=O)C1=C(C)N(C)C(=O)N[C@H]1c1ccc(-c2cc([N+](=O)[O-])ccc2Cl)o1. The van der Waals surface area contributed by atoms with Gasteiger partial charge in [0.25, 0.3) is 5.69 Å². The van der Waals surface area contributed by atoms with Crippen LogP contribution in [0.4, 0.5) is 10.5 Å². The molecule has 0 saturated carbocycles. The molecule has 1 atom stereocenters. The molecule has 0 radical (unpaired) electrons. The van der Waals surface area contributed by atoms with Crippen LogP contribution in [0.25, 0.3) is 11.3 Å². The number of carbonyl (C=O) groups is 2. The number of halogens is 1. The molecule has 0 saturated heterocycles.